The van der Waals surface area contributed by atoms with Crippen LogP contribution in [0.25, 0.3) is 0 Å². The summed E-state index contributed by atoms with van der Waals surface area (Å²) in [6, 6.07) is 30.2. The molecule has 2 aliphatic heterocycles. The largest absolute Gasteiger partial charge is 0.358 e. The number of alkyl halides is 1. The molecule has 0 aliphatic carbocycles. The predicted molar refractivity (Wildman–Crippen MR) is 143 cm³/mol. The lowest BCUT2D eigenvalue weighted by atomic mass is 9.80. The topological polar surface area (TPSA) is 46.2 Å². The van der Waals surface area contributed by atoms with Crippen LogP contribution in [0.15, 0.2) is 104 Å². The molecule has 2 saturated heterocycles. The van der Waals surface area contributed by atoms with Gasteiger partial charge in [-0.15, -0.1) is 6.58 Å². The molecular formula is C32H35FO5. The molecule has 6 atom stereocenters. The van der Waals surface area contributed by atoms with E-state index < -0.39 is 48.3 Å². The zero-order valence-corrected chi connectivity index (χ0v) is 22.0. The summed E-state index contributed by atoms with van der Waals surface area (Å²) in [5.74, 6) is -0.963. The first-order valence-electron chi connectivity index (χ1n) is 13.1. The SMILES string of the molecule is C=CC(C)O[C@@H]1O[C@H](COC(c2ccccc2)(c2ccccc2)c2ccccc2)[C@@H]2OC(C)(C)O[C@@H]2[C@H]1F. The molecule has 2 fully saturated rings. The van der Waals surface area contributed by atoms with Crippen LogP contribution in [0.5, 0.6) is 0 Å². The normalized spacial score (nSPS) is 27.4. The Bertz CT molecular complexity index is 1090. The van der Waals surface area contributed by atoms with Crippen molar-refractivity contribution in [1.29, 1.82) is 0 Å². The fraction of sp³-hybridized carbons (Fsp3) is 0.375. The van der Waals surface area contributed by atoms with Gasteiger partial charge in [-0.3, -0.25) is 0 Å². The Balaban J connectivity index is 1.54. The van der Waals surface area contributed by atoms with E-state index in [4.69, 9.17) is 23.7 Å². The number of fused-ring (bicyclic) bond motifs is 1. The van der Waals surface area contributed by atoms with Crippen LogP contribution in [0.4, 0.5) is 4.39 Å². The van der Waals surface area contributed by atoms with Crippen LogP contribution >= 0.6 is 0 Å². The molecule has 3 aromatic rings. The van der Waals surface area contributed by atoms with E-state index in [1.807, 2.05) is 54.6 Å². The average molecular weight is 519 g/mol. The van der Waals surface area contributed by atoms with Gasteiger partial charge in [0.2, 0.25) is 0 Å². The maximum absolute atomic E-state index is 15.6. The second-order valence-electron chi connectivity index (χ2n) is 10.2. The highest BCUT2D eigenvalue weighted by molar-refractivity contribution is 5.47. The number of rotatable bonds is 9. The highest BCUT2D eigenvalue weighted by Gasteiger charge is 2.57. The van der Waals surface area contributed by atoms with Gasteiger partial charge in [0, 0.05) is 0 Å². The van der Waals surface area contributed by atoms with Crippen LogP contribution in [-0.4, -0.2) is 49.3 Å². The number of ether oxygens (including phenoxy) is 5. The molecule has 5 rings (SSSR count). The van der Waals surface area contributed by atoms with E-state index in [9.17, 15) is 0 Å². The Labute approximate surface area is 224 Å². The van der Waals surface area contributed by atoms with Crippen molar-refractivity contribution in [3.8, 4) is 0 Å². The quantitative estimate of drug-likeness (QED) is 0.250. The summed E-state index contributed by atoms with van der Waals surface area (Å²) in [5.41, 5.74) is 1.94. The third kappa shape index (κ3) is 5.20. The molecule has 1 unspecified atom stereocenters. The number of hydrogen-bond acceptors (Lipinski definition) is 5. The van der Waals surface area contributed by atoms with E-state index in [2.05, 4.69) is 43.0 Å². The standard InChI is InChI=1S/C32H35FO5/c1-5-22(2)35-30-27(33)29-28(37-31(3,4)38-29)26(36-30)21-34-32(23-15-9-6-10-16-23,24-17-11-7-12-18-24)25-19-13-8-14-20-25/h5-20,22,26-30H,1,21H2,2-4H3/t22?,26-,27-,28+,29-,30-/m1/s1. The van der Waals surface area contributed by atoms with E-state index in [1.54, 1.807) is 26.8 Å². The van der Waals surface area contributed by atoms with Crippen LogP contribution in [0, 0.1) is 0 Å². The molecule has 2 heterocycles. The Morgan fingerprint density at radius 2 is 1.34 bits per heavy atom. The molecule has 0 bridgehead atoms. The lowest BCUT2D eigenvalue weighted by Gasteiger charge is -2.42. The fourth-order valence-electron chi connectivity index (χ4n) is 5.31. The van der Waals surface area contributed by atoms with Crippen molar-refractivity contribution in [1.82, 2.24) is 0 Å². The number of hydrogen-bond donors (Lipinski definition) is 0. The Hall–Kier alpha value is -2.87. The molecule has 6 heteroatoms. The van der Waals surface area contributed by atoms with Gasteiger partial charge < -0.3 is 23.7 Å². The number of halogens is 1. The number of benzene rings is 3. The molecule has 5 nitrogen and oxygen atoms in total. The maximum Gasteiger partial charge on any atom is 0.192 e. The van der Waals surface area contributed by atoms with Gasteiger partial charge in [0.25, 0.3) is 0 Å². The summed E-state index contributed by atoms with van der Waals surface area (Å²) >= 11 is 0. The van der Waals surface area contributed by atoms with E-state index >= 15 is 4.39 Å². The molecule has 0 amide bonds. The monoisotopic (exact) mass is 518 g/mol. The van der Waals surface area contributed by atoms with E-state index in [0.29, 0.717) is 0 Å². The minimum absolute atomic E-state index is 0.105. The first-order chi connectivity index (χ1) is 18.3. The van der Waals surface area contributed by atoms with Gasteiger partial charge in [0.1, 0.15) is 23.9 Å². The van der Waals surface area contributed by atoms with Crippen molar-refractivity contribution in [2.45, 2.75) is 69.0 Å². The molecular weight excluding hydrogens is 483 g/mol. The van der Waals surface area contributed by atoms with Crippen molar-refractivity contribution in [2.24, 2.45) is 0 Å². The molecule has 0 radical (unpaired) electrons. The molecule has 38 heavy (non-hydrogen) atoms. The Morgan fingerprint density at radius 3 is 1.82 bits per heavy atom. The highest BCUT2D eigenvalue weighted by atomic mass is 19.1. The van der Waals surface area contributed by atoms with Crippen LogP contribution in [-0.2, 0) is 29.3 Å². The van der Waals surface area contributed by atoms with E-state index in [1.165, 1.54) is 0 Å². The summed E-state index contributed by atoms with van der Waals surface area (Å²) < 4.78 is 46.7. The second-order valence-corrected chi connectivity index (χ2v) is 10.2. The minimum Gasteiger partial charge on any atom is -0.358 e. The first kappa shape index (κ1) is 26.7. The maximum atomic E-state index is 15.6. The third-order valence-electron chi connectivity index (χ3n) is 7.10. The van der Waals surface area contributed by atoms with Gasteiger partial charge in [-0.05, 0) is 37.5 Å². The van der Waals surface area contributed by atoms with Crippen LogP contribution in [0.1, 0.15) is 37.5 Å². The third-order valence-corrected chi connectivity index (χ3v) is 7.10. The predicted octanol–water partition coefficient (Wildman–Crippen LogP) is 6.17. The van der Waals surface area contributed by atoms with Crippen molar-refractivity contribution in [3.05, 3.63) is 120 Å². The van der Waals surface area contributed by atoms with Crippen molar-refractivity contribution in [3.63, 3.8) is 0 Å². The smallest absolute Gasteiger partial charge is 0.192 e. The average Bonchev–Trinajstić information content (AvgIpc) is 3.28. The summed E-state index contributed by atoms with van der Waals surface area (Å²) in [5, 5.41) is 0. The summed E-state index contributed by atoms with van der Waals surface area (Å²) in [7, 11) is 0. The van der Waals surface area contributed by atoms with Gasteiger partial charge in [-0.25, -0.2) is 4.39 Å². The molecule has 0 aromatic heterocycles. The second kappa shape index (κ2) is 11.1. The van der Waals surface area contributed by atoms with E-state index in [-0.39, 0.29) is 6.61 Å². The van der Waals surface area contributed by atoms with E-state index in [0.717, 1.165) is 16.7 Å². The summed E-state index contributed by atoms with van der Waals surface area (Å²) in [6.07, 6.45) is -3.63. The lowest BCUT2D eigenvalue weighted by molar-refractivity contribution is -0.279. The minimum atomic E-state index is -1.53. The molecule has 0 saturated carbocycles. The van der Waals surface area contributed by atoms with Crippen LogP contribution < -0.4 is 0 Å². The zero-order valence-electron chi connectivity index (χ0n) is 22.0. The van der Waals surface area contributed by atoms with Gasteiger partial charge in [0.05, 0.1) is 12.7 Å². The van der Waals surface area contributed by atoms with Gasteiger partial charge >= 0.3 is 0 Å². The molecule has 0 spiro atoms. The zero-order chi connectivity index (χ0) is 26.8. The highest BCUT2D eigenvalue weighted by Crippen LogP contribution is 2.43. The fourth-order valence-corrected chi connectivity index (χ4v) is 5.31. The molecule has 200 valence electrons. The summed E-state index contributed by atoms with van der Waals surface area (Å²) in [4.78, 5) is 0. The van der Waals surface area contributed by atoms with Gasteiger partial charge in [0.15, 0.2) is 18.2 Å². The van der Waals surface area contributed by atoms with Crippen LogP contribution in [0.3, 0.4) is 0 Å². The van der Waals surface area contributed by atoms with Gasteiger partial charge in [-0.1, -0.05) is 97.1 Å². The van der Waals surface area contributed by atoms with Crippen molar-refractivity contribution in [2.75, 3.05) is 6.61 Å². The van der Waals surface area contributed by atoms with Crippen molar-refractivity contribution >= 4 is 0 Å². The van der Waals surface area contributed by atoms with Crippen molar-refractivity contribution < 1.29 is 28.1 Å². The Kier molecular flexibility index (Phi) is 7.80. The molecule has 2 aliphatic rings. The van der Waals surface area contributed by atoms with Crippen LogP contribution in [0.2, 0.25) is 0 Å². The first-order valence-corrected chi connectivity index (χ1v) is 13.1. The molecule has 3 aromatic carbocycles. The lowest BCUT2D eigenvalue weighted by Crippen LogP contribution is -2.57. The Morgan fingerprint density at radius 1 is 0.868 bits per heavy atom. The molecule has 0 N–H and O–H groups in total. The summed E-state index contributed by atoms with van der Waals surface area (Å²) in [6.45, 7) is 9.20. The van der Waals surface area contributed by atoms with Gasteiger partial charge in [-0.2, -0.15) is 0 Å².